The van der Waals surface area contributed by atoms with Gasteiger partial charge in [0, 0.05) is 30.3 Å². The molecule has 1 fully saturated rings. The smallest absolute Gasteiger partial charge is 0.224 e. The maximum Gasteiger partial charge on any atom is 0.224 e. The number of amides is 2. The molecule has 1 aliphatic carbocycles. The summed E-state index contributed by atoms with van der Waals surface area (Å²) in [5.41, 5.74) is 3.35. The number of nitrogens with one attached hydrogen (secondary N) is 2. The molecule has 1 aromatic carbocycles. The number of benzene rings is 1. The molecule has 1 heterocycles. The van der Waals surface area contributed by atoms with E-state index in [1.54, 1.807) is 16.8 Å². The molecule has 1 aromatic heterocycles. The fraction of sp³-hybridized carbons (Fsp3) is 0.500. The molecule has 2 aromatic rings. The summed E-state index contributed by atoms with van der Waals surface area (Å²) in [6.45, 7) is 4.67. The van der Waals surface area contributed by atoms with Gasteiger partial charge in [-0.1, -0.05) is 42.5 Å². The van der Waals surface area contributed by atoms with Crippen LogP contribution in [0, 0.1) is 19.8 Å². The van der Waals surface area contributed by atoms with Crippen LogP contribution in [0.3, 0.4) is 0 Å². The number of hydrogen-bond acceptors (Lipinski definition) is 3. The molecule has 0 atom stereocenters. The van der Waals surface area contributed by atoms with Crippen LogP contribution in [-0.2, 0) is 16.0 Å². The van der Waals surface area contributed by atoms with Gasteiger partial charge in [-0.2, -0.15) is 5.10 Å². The first kappa shape index (κ1) is 22.6. The Kier molecular flexibility index (Phi) is 7.78. The van der Waals surface area contributed by atoms with Crippen molar-refractivity contribution < 1.29 is 9.59 Å². The predicted molar refractivity (Wildman–Crippen MR) is 119 cm³/mol. The molecule has 0 aliphatic heterocycles. The zero-order chi connectivity index (χ0) is 21.7. The molecule has 0 radical (unpaired) electrons. The third kappa shape index (κ3) is 5.55. The summed E-state index contributed by atoms with van der Waals surface area (Å²) in [6.07, 6.45) is 5.65. The van der Waals surface area contributed by atoms with Gasteiger partial charge in [0.1, 0.15) is 0 Å². The normalized spacial score (nSPS) is 14.5. The number of aryl methyl sites for hydroxylation is 1. The van der Waals surface area contributed by atoms with Crippen LogP contribution < -0.4 is 10.6 Å². The predicted octanol–water partition coefficient (Wildman–Crippen LogP) is 4.15. The number of rotatable bonds is 7. The van der Waals surface area contributed by atoms with Crippen molar-refractivity contribution in [1.29, 1.82) is 0 Å². The second-order valence-electron chi connectivity index (χ2n) is 7.81. The van der Waals surface area contributed by atoms with Crippen LogP contribution in [0.2, 0.25) is 10.0 Å². The van der Waals surface area contributed by atoms with Crippen LogP contribution in [0.4, 0.5) is 0 Å². The number of aromatic nitrogens is 2. The Morgan fingerprint density at radius 2 is 1.77 bits per heavy atom. The SMILES string of the molecule is Cc1nn(-c2ccc(Cl)c(Cl)c2)c(C)c1CC(=O)NCCNC(=O)C1CCCCC1. The third-order valence-corrected chi connectivity index (χ3v) is 6.39. The second kappa shape index (κ2) is 10.3. The van der Waals surface area contributed by atoms with Gasteiger partial charge in [0.05, 0.1) is 27.8 Å². The van der Waals surface area contributed by atoms with E-state index >= 15 is 0 Å². The van der Waals surface area contributed by atoms with E-state index in [0.717, 1.165) is 48.3 Å². The lowest BCUT2D eigenvalue weighted by atomic mass is 9.89. The zero-order valence-corrected chi connectivity index (χ0v) is 18.9. The van der Waals surface area contributed by atoms with Crippen molar-refractivity contribution in [2.45, 2.75) is 52.4 Å². The van der Waals surface area contributed by atoms with E-state index in [-0.39, 0.29) is 24.2 Å². The van der Waals surface area contributed by atoms with E-state index in [2.05, 4.69) is 15.7 Å². The third-order valence-electron chi connectivity index (χ3n) is 5.65. The molecule has 2 N–H and O–H groups in total. The lowest BCUT2D eigenvalue weighted by molar-refractivity contribution is -0.126. The molecule has 162 valence electrons. The van der Waals surface area contributed by atoms with Crippen molar-refractivity contribution in [1.82, 2.24) is 20.4 Å². The van der Waals surface area contributed by atoms with Crippen LogP contribution in [-0.4, -0.2) is 34.7 Å². The van der Waals surface area contributed by atoms with Crippen molar-refractivity contribution in [3.63, 3.8) is 0 Å². The quantitative estimate of drug-likeness (QED) is 0.621. The fourth-order valence-electron chi connectivity index (χ4n) is 3.92. The highest BCUT2D eigenvalue weighted by molar-refractivity contribution is 6.42. The molecule has 0 unspecified atom stereocenters. The summed E-state index contributed by atoms with van der Waals surface area (Å²) < 4.78 is 1.77. The van der Waals surface area contributed by atoms with Gasteiger partial charge in [-0.05, 0) is 44.9 Å². The lowest BCUT2D eigenvalue weighted by Gasteiger charge is -2.20. The van der Waals surface area contributed by atoms with Crippen LogP contribution in [0.1, 0.15) is 49.1 Å². The maximum absolute atomic E-state index is 12.4. The molecule has 1 saturated carbocycles. The van der Waals surface area contributed by atoms with E-state index in [1.807, 2.05) is 19.9 Å². The Morgan fingerprint density at radius 3 is 2.47 bits per heavy atom. The van der Waals surface area contributed by atoms with Gasteiger partial charge in [-0.3, -0.25) is 9.59 Å². The molecule has 1 aliphatic rings. The highest BCUT2D eigenvalue weighted by Gasteiger charge is 2.20. The maximum atomic E-state index is 12.4. The highest BCUT2D eigenvalue weighted by atomic mass is 35.5. The molecule has 0 saturated heterocycles. The molecular weight excluding hydrogens is 423 g/mol. The van der Waals surface area contributed by atoms with Gasteiger partial charge in [-0.25, -0.2) is 4.68 Å². The lowest BCUT2D eigenvalue weighted by Crippen LogP contribution is -2.38. The van der Waals surface area contributed by atoms with Gasteiger partial charge in [0.15, 0.2) is 0 Å². The Labute approximate surface area is 187 Å². The topological polar surface area (TPSA) is 76.0 Å². The Hall–Kier alpha value is -2.05. The van der Waals surface area contributed by atoms with Gasteiger partial charge < -0.3 is 10.6 Å². The largest absolute Gasteiger partial charge is 0.354 e. The Balaban J connectivity index is 1.52. The Morgan fingerprint density at radius 1 is 1.07 bits per heavy atom. The summed E-state index contributed by atoms with van der Waals surface area (Å²) in [7, 11) is 0. The number of hydrogen-bond donors (Lipinski definition) is 2. The molecule has 2 amide bonds. The summed E-state index contributed by atoms with van der Waals surface area (Å²) in [4.78, 5) is 24.6. The summed E-state index contributed by atoms with van der Waals surface area (Å²) >= 11 is 12.1. The van der Waals surface area contributed by atoms with Crippen LogP contribution in [0.15, 0.2) is 18.2 Å². The van der Waals surface area contributed by atoms with E-state index in [0.29, 0.717) is 23.1 Å². The van der Waals surface area contributed by atoms with E-state index in [4.69, 9.17) is 23.2 Å². The molecule has 8 heteroatoms. The van der Waals surface area contributed by atoms with Gasteiger partial charge in [0.25, 0.3) is 0 Å². The minimum atomic E-state index is -0.0956. The monoisotopic (exact) mass is 450 g/mol. The van der Waals surface area contributed by atoms with Gasteiger partial charge in [-0.15, -0.1) is 0 Å². The van der Waals surface area contributed by atoms with Crippen LogP contribution >= 0.6 is 23.2 Å². The van der Waals surface area contributed by atoms with Crippen molar-refractivity contribution >= 4 is 35.0 Å². The molecule has 0 bridgehead atoms. The molecule has 30 heavy (non-hydrogen) atoms. The Bertz CT molecular complexity index is 920. The number of nitrogens with zero attached hydrogens (tertiary/aromatic N) is 2. The zero-order valence-electron chi connectivity index (χ0n) is 17.4. The second-order valence-corrected chi connectivity index (χ2v) is 8.63. The molecule has 6 nitrogen and oxygen atoms in total. The highest BCUT2D eigenvalue weighted by Crippen LogP contribution is 2.26. The summed E-state index contributed by atoms with van der Waals surface area (Å²) in [6, 6.07) is 5.32. The van der Waals surface area contributed by atoms with Crippen molar-refractivity contribution in [3.8, 4) is 5.69 Å². The first-order chi connectivity index (χ1) is 14.4. The summed E-state index contributed by atoms with van der Waals surface area (Å²) in [5, 5.41) is 11.3. The van der Waals surface area contributed by atoms with Crippen LogP contribution in [0.25, 0.3) is 5.69 Å². The standard InChI is InChI=1S/C22H28Cl2N4O2/c1-14-18(15(2)28(27-14)17-8-9-19(23)20(24)12-17)13-21(29)25-10-11-26-22(30)16-6-4-3-5-7-16/h8-9,12,16H,3-7,10-11,13H2,1-2H3,(H,25,29)(H,26,30). The summed E-state index contributed by atoms with van der Waals surface area (Å²) in [5.74, 6) is 0.146. The fourth-order valence-corrected chi connectivity index (χ4v) is 4.21. The number of carbonyl (C=O) groups excluding carboxylic acids is 2. The molecule has 3 rings (SSSR count). The van der Waals surface area contributed by atoms with Gasteiger partial charge >= 0.3 is 0 Å². The van der Waals surface area contributed by atoms with E-state index < -0.39 is 0 Å². The van der Waals surface area contributed by atoms with Crippen molar-refractivity contribution in [2.24, 2.45) is 5.92 Å². The minimum Gasteiger partial charge on any atom is -0.354 e. The average molecular weight is 451 g/mol. The van der Waals surface area contributed by atoms with Crippen LogP contribution in [0.5, 0.6) is 0 Å². The number of carbonyl (C=O) groups is 2. The minimum absolute atomic E-state index is 0.0956. The van der Waals surface area contributed by atoms with Crippen molar-refractivity contribution in [2.75, 3.05) is 13.1 Å². The average Bonchev–Trinajstić information content (AvgIpc) is 3.02. The first-order valence-electron chi connectivity index (χ1n) is 10.4. The number of halogens is 2. The van der Waals surface area contributed by atoms with Crippen molar-refractivity contribution in [3.05, 3.63) is 45.2 Å². The molecular formula is C22H28Cl2N4O2. The first-order valence-corrected chi connectivity index (χ1v) is 11.2. The van der Waals surface area contributed by atoms with E-state index in [1.165, 1.54) is 6.42 Å². The van der Waals surface area contributed by atoms with Gasteiger partial charge in [0.2, 0.25) is 11.8 Å². The molecule has 0 spiro atoms. The van der Waals surface area contributed by atoms with E-state index in [9.17, 15) is 9.59 Å².